The fraction of sp³-hybridized carbons (Fsp3) is 0.579. The molecule has 8 heteroatoms. The Morgan fingerprint density at radius 1 is 0.815 bits per heavy atom. The Hall–Kier alpha value is -2.00. The SMILES string of the molecule is C=C(C)C(=O)C(=O)C(O)COCC(C)(C)COCC(O)C(=O)C(=O)C(=C)C. The fourth-order valence-corrected chi connectivity index (χ4v) is 1.81. The largest absolute Gasteiger partial charge is 0.382 e. The summed E-state index contributed by atoms with van der Waals surface area (Å²) in [6.45, 7) is 12.4. The first kappa shape index (κ1) is 25.0. The lowest BCUT2D eigenvalue weighted by atomic mass is 9.96. The van der Waals surface area contributed by atoms with Crippen LogP contribution < -0.4 is 0 Å². The summed E-state index contributed by atoms with van der Waals surface area (Å²) >= 11 is 0. The molecular formula is C19H28O8. The summed E-state index contributed by atoms with van der Waals surface area (Å²) in [6, 6.07) is 0. The zero-order chi connectivity index (χ0) is 21.4. The van der Waals surface area contributed by atoms with Crippen LogP contribution in [0.5, 0.6) is 0 Å². The Morgan fingerprint density at radius 2 is 1.11 bits per heavy atom. The van der Waals surface area contributed by atoms with Crippen molar-refractivity contribution in [2.24, 2.45) is 5.41 Å². The first-order valence-electron chi connectivity index (χ1n) is 8.30. The molecule has 0 aromatic rings. The van der Waals surface area contributed by atoms with Gasteiger partial charge in [0.25, 0.3) is 0 Å². The van der Waals surface area contributed by atoms with Crippen molar-refractivity contribution < 1.29 is 38.9 Å². The van der Waals surface area contributed by atoms with Crippen LogP contribution in [0.2, 0.25) is 0 Å². The van der Waals surface area contributed by atoms with E-state index in [1.165, 1.54) is 13.8 Å². The smallest absolute Gasteiger partial charge is 0.233 e. The Kier molecular flexibility index (Phi) is 10.2. The number of aliphatic hydroxyl groups excluding tert-OH is 2. The second-order valence-electron chi connectivity index (χ2n) is 7.17. The summed E-state index contributed by atoms with van der Waals surface area (Å²) in [4.78, 5) is 46.0. The van der Waals surface area contributed by atoms with Gasteiger partial charge in [-0.1, -0.05) is 27.0 Å². The molecule has 0 rings (SSSR count). The molecule has 2 atom stereocenters. The molecule has 8 nitrogen and oxygen atoms in total. The van der Waals surface area contributed by atoms with Crippen LogP contribution >= 0.6 is 0 Å². The second kappa shape index (κ2) is 11.0. The van der Waals surface area contributed by atoms with Gasteiger partial charge in [-0.25, -0.2) is 0 Å². The van der Waals surface area contributed by atoms with Gasteiger partial charge in [-0.15, -0.1) is 0 Å². The zero-order valence-electron chi connectivity index (χ0n) is 16.2. The van der Waals surface area contributed by atoms with E-state index in [-0.39, 0.29) is 37.6 Å². The highest BCUT2D eigenvalue weighted by Crippen LogP contribution is 2.16. The molecule has 2 unspecified atom stereocenters. The fourth-order valence-electron chi connectivity index (χ4n) is 1.81. The van der Waals surface area contributed by atoms with Crippen molar-refractivity contribution in [3.63, 3.8) is 0 Å². The quantitative estimate of drug-likeness (QED) is 0.321. The first-order valence-corrected chi connectivity index (χ1v) is 8.30. The minimum atomic E-state index is -1.58. The molecule has 0 aliphatic heterocycles. The Labute approximate surface area is 158 Å². The van der Waals surface area contributed by atoms with Gasteiger partial charge in [0.15, 0.2) is 0 Å². The van der Waals surface area contributed by atoms with Crippen molar-refractivity contribution in [2.75, 3.05) is 26.4 Å². The van der Waals surface area contributed by atoms with Crippen molar-refractivity contribution in [1.82, 2.24) is 0 Å². The number of carbonyl (C=O) groups excluding carboxylic acids is 4. The van der Waals surface area contributed by atoms with Crippen LogP contribution in [-0.2, 0) is 28.7 Å². The van der Waals surface area contributed by atoms with Gasteiger partial charge in [-0.05, 0) is 25.0 Å². The van der Waals surface area contributed by atoms with Gasteiger partial charge in [0, 0.05) is 5.41 Å². The van der Waals surface area contributed by atoms with Crippen LogP contribution in [0.1, 0.15) is 27.7 Å². The van der Waals surface area contributed by atoms with Gasteiger partial charge < -0.3 is 19.7 Å². The monoisotopic (exact) mass is 384 g/mol. The molecule has 2 N–H and O–H groups in total. The molecular weight excluding hydrogens is 356 g/mol. The lowest BCUT2D eigenvalue weighted by molar-refractivity contribution is -0.143. The molecule has 0 spiro atoms. The maximum atomic E-state index is 11.6. The number of hydrogen-bond acceptors (Lipinski definition) is 8. The van der Waals surface area contributed by atoms with Gasteiger partial charge in [0.2, 0.25) is 23.1 Å². The van der Waals surface area contributed by atoms with Crippen LogP contribution in [0, 0.1) is 5.41 Å². The van der Waals surface area contributed by atoms with E-state index in [4.69, 9.17) is 9.47 Å². The average Bonchev–Trinajstić information content (AvgIpc) is 2.58. The summed E-state index contributed by atoms with van der Waals surface area (Å²) in [5, 5.41) is 19.3. The number of allylic oxidation sites excluding steroid dienone is 2. The molecule has 0 aliphatic carbocycles. The zero-order valence-corrected chi connectivity index (χ0v) is 16.2. The van der Waals surface area contributed by atoms with Crippen molar-refractivity contribution in [1.29, 1.82) is 0 Å². The van der Waals surface area contributed by atoms with Crippen LogP contribution in [0.3, 0.4) is 0 Å². The van der Waals surface area contributed by atoms with Gasteiger partial charge in [0.1, 0.15) is 12.2 Å². The summed E-state index contributed by atoms with van der Waals surface area (Å²) in [6.07, 6.45) is -3.17. The Morgan fingerprint density at radius 3 is 1.37 bits per heavy atom. The van der Waals surface area contributed by atoms with Crippen LogP contribution in [-0.4, -0.2) is 72.0 Å². The highest BCUT2D eigenvalue weighted by Gasteiger charge is 2.27. The maximum absolute atomic E-state index is 11.6. The Bertz CT molecular complexity index is 565. The van der Waals surface area contributed by atoms with Crippen molar-refractivity contribution in [3.05, 3.63) is 24.3 Å². The highest BCUT2D eigenvalue weighted by molar-refractivity contribution is 6.45. The third kappa shape index (κ3) is 8.96. The van der Waals surface area contributed by atoms with E-state index in [2.05, 4.69) is 13.2 Å². The van der Waals surface area contributed by atoms with E-state index < -0.39 is 40.8 Å². The van der Waals surface area contributed by atoms with E-state index in [9.17, 15) is 29.4 Å². The lowest BCUT2D eigenvalue weighted by Gasteiger charge is -2.25. The standard InChI is InChI=1S/C19H28O8/c1-11(2)15(22)17(24)13(20)7-26-9-19(5,6)10-27-8-14(21)18(25)16(23)12(3)4/h13-14,20-21H,1,3,7-10H2,2,4-6H3. The lowest BCUT2D eigenvalue weighted by Crippen LogP contribution is -2.36. The molecule has 0 radical (unpaired) electrons. The van der Waals surface area contributed by atoms with Crippen LogP contribution in [0.4, 0.5) is 0 Å². The number of hydrogen-bond donors (Lipinski definition) is 2. The van der Waals surface area contributed by atoms with Gasteiger partial charge in [-0.2, -0.15) is 0 Å². The minimum Gasteiger partial charge on any atom is -0.382 e. The maximum Gasteiger partial charge on any atom is 0.233 e. The number of Topliss-reactive ketones (excluding diaryl/α,β-unsaturated/α-hetero) is 4. The molecule has 27 heavy (non-hydrogen) atoms. The minimum absolute atomic E-state index is 0.0333. The molecule has 0 heterocycles. The molecule has 0 aromatic heterocycles. The van der Waals surface area contributed by atoms with E-state index in [0.717, 1.165) is 0 Å². The number of aliphatic hydroxyl groups is 2. The third-order valence-corrected chi connectivity index (χ3v) is 3.37. The van der Waals surface area contributed by atoms with Crippen molar-refractivity contribution in [2.45, 2.75) is 39.9 Å². The van der Waals surface area contributed by atoms with Gasteiger partial charge in [0.05, 0.1) is 26.4 Å². The normalized spacial score (nSPS) is 13.6. The van der Waals surface area contributed by atoms with Crippen LogP contribution in [0.15, 0.2) is 24.3 Å². The summed E-state index contributed by atoms with van der Waals surface area (Å²) < 4.78 is 10.5. The number of ether oxygens (including phenoxy) is 2. The van der Waals surface area contributed by atoms with E-state index >= 15 is 0 Å². The van der Waals surface area contributed by atoms with E-state index in [1.54, 1.807) is 13.8 Å². The number of ketones is 4. The molecule has 0 amide bonds. The van der Waals surface area contributed by atoms with E-state index in [1.807, 2.05) is 0 Å². The predicted molar refractivity (Wildman–Crippen MR) is 97.1 cm³/mol. The van der Waals surface area contributed by atoms with Crippen molar-refractivity contribution >= 4 is 23.1 Å². The first-order chi connectivity index (χ1) is 12.3. The number of rotatable bonds is 14. The summed E-state index contributed by atoms with van der Waals surface area (Å²) in [7, 11) is 0. The van der Waals surface area contributed by atoms with E-state index in [0.29, 0.717) is 0 Å². The number of carbonyl (C=O) groups is 4. The molecule has 152 valence electrons. The highest BCUT2D eigenvalue weighted by atomic mass is 16.5. The molecule has 0 aliphatic rings. The van der Waals surface area contributed by atoms with Gasteiger partial charge in [-0.3, -0.25) is 19.2 Å². The summed E-state index contributed by atoms with van der Waals surface area (Å²) in [5.41, 5.74) is -0.514. The van der Waals surface area contributed by atoms with Crippen molar-refractivity contribution in [3.8, 4) is 0 Å². The molecule has 0 saturated carbocycles. The molecule has 0 bridgehead atoms. The van der Waals surface area contributed by atoms with Crippen LogP contribution in [0.25, 0.3) is 0 Å². The average molecular weight is 384 g/mol. The Balaban J connectivity index is 4.31. The predicted octanol–water partition coefficient (Wildman–Crippen LogP) is 0.196. The topological polar surface area (TPSA) is 127 Å². The molecule has 0 saturated heterocycles. The van der Waals surface area contributed by atoms with Gasteiger partial charge >= 0.3 is 0 Å². The molecule has 0 fully saturated rings. The molecule has 0 aromatic carbocycles. The third-order valence-electron chi connectivity index (χ3n) is 3.37. The second-order valence-corrected chi connectivity index (χ2v) is 7.17. The summed E-state index contributed by atoms with van der Waals surface area (Å²) in [5.74, 6) is -3.67.